The number of fused-ring (bicyclic) bond motifs is 1. The Bertz CT molecular complexity index is 1210. The van der Waals surface area contributed by atoms with Crippen molar-refractivity contribution in [1.82, 2.24) is 15.8 Å². The number of nitrogens with one attached hydrogen (secondary N) is 3. The van der Waals surface area contributed by atoms with Crippen LogP contribution in [0.25, 0.3) is 10.1 Å². The van der Waals surface area contributed by atoms with E-state index in [4.69, 9.17) is 21.1 Å². The molecule has 4 rings (SSSR count). The summed E-state index contributed by atoms with van der Waals surface area (Å²) in [6.07, 6.45) is 0. The SMILES string of the molecule is COc1ccc2c(Cl)c(C(=O)NNC(=O)c3ccc(NC(=O)CN4CCOCC4)cc3)sc2c1. The van der Waals surface area contributed by atoms with E-state index in [2.05, 4.69) is 16.2 Å². The minimum absolute atomic E-state index is 0.135. The van der Waals surface area contributed by atoms with Crippen molar-refractivity contribution in [2.75, 3.05) is 45.3 Å². The maximum absolute atomic E-state index is 12.6. The fourth-order valence-electron chi connectivity index (χ4n) is 3.43. The Balaban J connectivity index is 1.31. The van der Waals surface area contributed by atoms with Crippen molar-refractivity contribution in [3.05, 3.63) is 57.9 Å². The first-order valence-corrected chi connectivity index (χ1v) is 11.7. The van der Waals surface area contributed by atoms with E-state index in [0.717, 1.165) is 23.2 Å². The number of rotatable bonds is 6. The van der Waals surface area contributed by atoms with Crippen LogP contribution in [-0.4, -0.2) is 62.6 Å². The number of benzene rings is 2. The number of amides is 3. The van der Waals surface area contributed by atoms with Gasteiger partial charge in [-0.15, -0.1) is 11.3 Å². The monoisotopic (exact) mass is 502 g/mol. The molecule has 11 heteroatoms. The van der Waals surface area contributed by atoms with Crippen molar-refractivity contribution in [3.63, 3.8) is 0 Å². The minimum Gasteiger partial charge on any atom is -0.497 e. The first kappa shape index (κ1) is 24.0. The van der Waals surface area contributed by atoms with Crippen LogP contribution in [0.15, 0.2) is 42.5 Å². The van der Waals surface area contributed by atoms with Crippen molar-refractivity contribution < 1.29 is 23.9 Å². The van der Waals surface area contributed by atoms with E-state index in [9.17, 15) is 14.4 Å². The summed E-state index contributed by atoms with van der Waals surface area (Å²) in [5.41, 5.74) is 5.67. The second-order valence-corrected chi connectivity index (χ2v) is 8.96. The van der Waals surface area contributed by atoms with Gasteiger partial charge in [-0.25, -0.2) is 0 Å². The molecule has 1 fully saturated rings. The Morgan fingerprint density at radius 2 is 1.76 bits per heavy atom. The molecule has 2 heterocycles. The molecule has 1 aliphatic rings. The molecule has 0 unspecified atom stereocenters. The normalized spacial score (nSPS) is 13.9. The fourth-order valence-corrected chi connectivity index (χ4v) is 4.87. The number of anilines is 1. The van der Waals surface area contributed by atoms with Gasteiger partial charge in [-0.2, -0.15) is 0 Å². The molecule has 1 saturated heterocycles. The number of methoxy groups -OCH3 is 1. The van der Waals surface area contributed by atoms with Crippen LogP contribution in [0.2, 0.25) is 5.02 Å². The maximum Gasteiger partial charge on any atom is 0.281 e. The van der Waals surface area contributed by atoms with Crippen molar-refractivity contribution in [3.8, 4) is 5.75 Å². The van der Waals surface area contributed by atoms with Crippen LogP contribution in [0.4, 0.5) is 5.69 Å². The Hall–Kier alpha value is -3.18. The van der Waals surface area contributed by atoms with Crippen molar-refractivity contribution in [2.45, 2.75) is 0 Å². The van der Waals surface area contributed by atoms with Gasteiger partial charge in [0.25, 0.3) is 11.8 Å². The van der Waals surface area contributed by atoms with Gasteiger partial charge in [0.05, 0.1) is 31.9 Å². The molecule has 34 heavy (non-hydrogen) atoms. The highest BCUT2D eigenvalue weighted by Gasteiger charge is 2.19. The average molecular weight is 503 g/mol. The van der Waals surface area contributed by atoms with E-state index >= 15 is 0 Å². The zero-order chi connectivity index (χ0) is 24.1. The summed E-state index contributed by atoms with van der Waals surface area (Å²) in [6.45, 7) is 2.97. The van der Waals surface area contributed by atoms with E-state index in [1.54, 1.807) is 49.6 Å². The number of carbonyl (C=O) groups is 3. The van der Waals surface area contributed by atoms with E-state index < -0.39 is 11.8 Å². The average Bonchev–Trinajstić information content (AvgIpc) is 3.19. The molecular weight excluding hydrogens is 480 g/mol. The van der Waals surface area contributed by atoms with E-state index in [-0.39, 0.29) is 17.3 Å². The molecule has 3 aromatic rings. The van der Waals surface area contributed by atoms with Gasteiger partial charge in [0, 0.05) is 34.4 Å². The molecule has 178 valence electrons. The number of hydrogen-bond donors (Lipinski definition) is 3. The number of nitrogens with zero attached hydrogens (tertiary/aromatic N) is 1. The lowest BCUT2D eigenvalue weighted by Crippen LogP contribution is -2.41. The van der Waals surface area contributed by atoms with Gasteiger partial charge in [0.1, 0.15) is 10.6 Å². The second-order valence-electron chi connectivity index (χ2n) is 7.53. The molecule has 0 radical (unpaired) electrons. The molecule has 3 N–H and O–H groups in total. The number of hydrogen-bond acceptors (Lipinski definition) is 7. The van der Waals surface area contributed by atoms with Crippen LogP contribution >= 0.6 is 22.9 Å². The zero-order valence-electron chi connectivity index (χ0n) is 18.4. The third-order valence-electron chi connectivity index (χ3n) is 5.23. The van der Waals surface area contributed by atoms with Gasteiger partial charge in [-0.3, -0.25) is 30.1 Å². The minimum atomic E-state index is -0.523. The molecule has 0 bridgehead atoms. The Kier molecular flexibility index (Phi) is 7.63. The fraction of sp³-hybridized carbons (Fsp3) is 0.261. The van der Waals surface area contributed by atoms with Crippen LogP contribution in [0.1, 0.15) is 20.0 Å². The third kappa shape index (κ3) is 5.65. The third-order valence-corrected chi connectivity index (χ3v) is 6.89. The van der Waals surface area contributed by atoms with Crippen molar-refractivity contribution >= 4 is 56.4 Å². The molecule has 0 atom stereocenters. The molecule has 0 saturated carbocycles. The van der Waals surface area contributed by atoms with Crippen molar-refractivity contribution in [2.24, 2.45) is 0 Å². The van der Waals surface area contributed by atoms with Gasteiger partial charge in [-0.05, 0) is 42.5 Å². The maximum atomic E-state index is 12.6. The summed E-state index contributed by atoms with van der Waals surface area (Å²) < 4.78 is 11.3. The van der Waals surface area contributed by atoms with Gasteiger partial charge in [-0.1, -0.05) is 11.6 Å². The largest absolute Gasteiger partial charge is 0.497 e. The summed E-state index contributed by atoms with van der Waals surface area (Å²) in [5, 5.41) is 3.85. The lowest BCUT2D eigenvalue weighted by atomic mass is 10.2. The van der Waals surface area contributed by atoms with Crippen LogP contribution in [0.3, 0.4) is 0 Å². The van der Waals surface area contributed by atoms with Crippen LogP contribution < -0.4 is 20.9 Å². The number of carbonyl (C=O) groups excluding carboxylic acids is 3. The smallest absolute Gasteiger partial charge is 0.281 e. The molecule has 0 aliphatic carbocycles. The quantitative estimate of drug-likeness (QED) is 0.447. The molecule has 9 nitrogen and oxygen atoms in total. The molecule has 1 aliphatic heterocycles. The van der Waals surface area contributed by atoms with Crippen molar-refractivity contribution in [1.29, 1.82) is 0 Å². The van der Waals surface area contributed by atoms with Gasteiger partial charge >= 0.3 is 0 Å². The van der Waals surface area contributed by atoms with Gasteiger partial charge in [0.15, 0.2) is 0 Å². The first-order chi connectivity index (χ1) is 16.4. The lowest BCUT2D eigenvalue weighted by Gasteiger charge is -2.25. The molecule has 0 spiro atoms. The standard InChI is InChI=1S/C23H23ClN4O5S/c1-32-16-6-7-17-18(12-16)34-21(20(17)24)23(31)27-26-22(30)14-2-4-15(5-3-14)25-19(29)13-28-8-10-33-11-9-28/h2-7,12H,8-11,13H2,1H3,(H,25,29)(H,26,30)(H,27,31). The summed E-state index contributed by atoms with van der Waals surface area (Å²) >= 11 is 7.56. The predicted molar refractivity (Wildman–Crippen MR) is 131 cm³/mol. The predicted octanol–water partition coefficient (Wildman–Crippen LogP) is 2.91. The van der Waals surface area contributed by atoms with Crippen LogP contribution in [0, 0.1) is 0 Å². The Morgan fingerprint density at radius 3 is 2.47 bits per heavy atom. The summed E-state index contributed by atoms with van der Waals surface area (Å²) in [5.74, 6) is -0.500. The first-order valence-electron chi connectivity index (χ1n) is 10.5. The molecular formula is C23H23ClN4O5S. The topological polar surface area (TPSA) is 109 Å². The number of hydrazine groups is 1. The van der Waals surface area contributed by atoms with Gasteiger partial charge < -0.3 is 14.8 Å². The van der Waals surface area contributed by atoms with E-state index in [0.29, 0.717) is 35.2 Å². The number of halogens is 1. The number of morpholine rings is 1. The zero-order valence-corrected chi connectivity index (χ0v) is 19.9. The number of thiophene rings is 1. The second kappa shape index (κ2) is 10.8. The van der Waals surface area contributed by atoms with E-state index in [1.165, 1.54) is 11.3 Å². The molecule has 1 aromatic heterocycles. The Labute approximate surface area is 204 Å². The highest BCUT2D eigenvalue weighted by atomic mass is 35.5. The number of ether oxygens (including phenoxy) is 2. The molecule has 2 aromatic carbocycles. The van der Waals surface area contributed by atoms with Gasteiger partial charge in [0.2, 0.25) is 5.91 Å². The van der Waals surface area contributed by atoms with Crippen LogP contribution in [0.5, 0.6) is 5.75 Å². The van der Waals surface area contributed by atoms with Crippen LogP contribution in [-0.2, 0) is 9.53 Å². The highest BCUT2D eigenvalue weighted by molar-refractivity contribution is 7.21. The summed E-state index contributed by atoms with van der Waals surface area (Å²) in [7, 11) is 1.56. The Morgan fingerprint density at radius 1 is 1.06 bits per heavy atom. The molecule has 3 amide bonds. The highest BCUT2D eigenvalue weighted by Crippen LogP contribution is 2.37. The van der Waals surface area contributed by atoms with E-state index in [1.807, 2.05) is 4.90 Å². The summed E-state index contributed by atoms with van der Waals surface area (Å²) in [6, 6.07) is 11.7. The summed E-state index contributed by atoms with van der Waals surface area (Å²) in [4.78, 5) is 39.5. The lowest BCUT2D eigenvalue weighted by molar-refractivity contribution is -0.118.